The summed E-state index contributed by atoms with van der Waals surface area (Å²) in [4.78, 5) is 11.0. The third-order valence-corrected chi connectivity index (χ3v) is 4.32. The summed E-state index contributed by atoms with van der Waals surface area (Å²) in [5.41, 5.74) is 4.89. The number of rotatable bonds is 5. The van der Waals surface area contributed by atoms with Crippen LogP contribution in [0, 0.1) is 6.92 Å². The molecule has 4 N–H and O–H groups in total. The molecule has 0 spiro atoms. The van der Waals surface area contributed by atoms with Crippen LogP contribution in [0.15, 0.2) is 53.6 Å². The van der Waals surface area contributed by atoms with Gasteiger partial charge in [0.15, 0.2) is 5.11 Å². The number of hydrogen-bond acceptors (Lipinski definition) is 5. The molecule has 0 saturated carbocycles. The molecule has 0 aliphatic heterocycles. The Morgan fingerprint density at radius 3 is 2.69 bits per heavy atom. The number of carbonyl (C=O) groups is 1. The van der Waals surface area contributed by atoms with Gasteiger partial charge in [0.1, 0.15) is 0 Å². The quantitative estimate of drug-likeness (QED) is 0.278. The molecule has 1 aromatic heterocycles. The maximum atomic E-state index is 11.0. The Morgan fingerprint density at radius 1 is 1.28 bits per heavy atom. The minimum Gasteiger partial charge on any atom is -0.493 e. The summed E-state index contributed by atoms with van der Waals surface area (Å²) in [6.45, 7) is 1.74. The molecule has 3 rings (SSSR count). The van der Waals surface area contributed by atoms with Gasteiger partial charge in [-0.15, -0.1) is 0 Å². The number of hydrazone groups is 1. The van der Waals surface area contributed by atoms with E-state index in [9.17, 15) is 9.90 Å². The Morgan fingerprint density at radius 2 is 2.00 bits per heavy atom. The lowest BCUT2D eigenvalue weighted by molar-refractivity contribution is 0.0697. The van der Waals surface area contributed by atoms with Crippen molar-refractivity contribution in [2.45, 2.75) is 6.92 Å². The van der Waals surface area contributed by atoms with Crippen LogP contribution in [0.1, 0.15) is 21.6 Å². The minimum absolute atomic E-state index is 0.0802. The molecule has 0 amide bonds. The molecule has 0 aliphatic carbocycles. The topological polar surface area (TPSA) is 112 Å². The molecule has 0 atom stereocenters. The van der Waals surface area contributed by atoms with Gasteiger partial charge in [0.05, 0.1) is 28.7 Å². The number of aromatic hydroxyl groups is 1. The Balaban J connectivity index is 1.69. The molecule has 0 unspecified atom stereocenters. The third-order valence-electron chi connectivity index (χ3n) is 3.88. The van der Waals surface area contributed by atoms with Gasteiger partial charge in [-0.1, -0.05) is 17.7 Å². The van der Waals surface area contributed by atoms with Crippen LogP contribution in [-0.2, 0) is 0 Å². The lowest BCUT2D eigenvalue weighted by Gasteiger charge is -2.07. The summed E-state index contributed by atoms with van der Waals surface area (Å²) < 4.78 is 1.38. The van der Waals surface area contributed by atoms with Crippen molar-refractivity contribution in [3.8, 4) is 11.6 Å². The van der Waals surface area contributed by atoms with Crippen molar-refractivity contribution in [2.75, 3.05) is 5.32 Å². The van der Waals surface area contributed by atoms with Crippen LogP contribution in [0.3, 0.4) is 0 Å². The van der Waals surface area contributed by atoms with Gasteiger partial charge in [0, 0.05) is 10.7 Å². The summed E-state index contributed by atoms with van der Waals surface area (Å²) >= 11 is 11.0. The normalized spacial score (nSPS) is 10.8. The highest BCUT2D eigenvalue weighted by molar-refractivity contribution is 7.80. The highest BCUT2D eigenvalue weighted by Crippen LogP contribution is 2.24. The second kappa shape index (κ2) is 8.72. The Labute approximate surface area is 176 Å². The summed E-state index contributed by atoms with van der Waals surface area (Å²) in [6.07, 6.45) is 1.39. The van der Waals surface area contributed by atoms with E-state index in [-0.39, 0.29) is 16.6 Å². The van der Waals surface area contributed by atoms with Crippen LogP contribution in [0.25, 0.3) is 5.69 Å². The number of carboxylic acids is 1. The molecular formula is C19H16ClN5O3S. The number of nitrogens with one attached hydrogen (secondary N) is 2. The molecule has 29 heavy (non-hydrogen) atoms. The lowest BCUT2D eigenvalue weighted by Crippen LogP contribution is -2.24. The van der Waals surface area contributed by atoms with Crippen molar-refractivity contribution < 1.29 is 15.0 Å². The Kier molecular flexibility index (Phi) is 6.10. The highest BCUT2D eigenvalue weighted by atomic mass is 35.5. The van der Waals surface area contributed by atoms with Crippen molar-refractivity contribution in [1.82, 2.24) is 15.2 Å². The lowest BCUT2D eigenvalue weighted by atomic mass is 10.2. The van der Waals surface area contributed by atoms with Crippen LogP contribution < -0.4 is 10.7 Å². The van der Waals surface area contributed by atoms with Gasteiger partial charge >= 0.3 is 5.97 Å². The standard InChI is InChI=1S/C19H16ClN5O3S/c1-11-16(17(26)25(24-11)15-7-5-13(20)6-8-15)10-21-23-19(29)22-14-4-2-3-12(9-14)18(27)28/h2-10,26H,1H3,(H,27,28)(H2,22,23,29). The predicted octanol–water partition coefficient (Wildman–Crippen LogP) is 3.56. The molecule has 0 bridgehead atoms. The molecular weight excluding hydrogens is 414 g/mol. The minimum atomic E-state index is -1.03. The van der Waals surface area contributed by atoms with E-state index in [1.165, 1.54) is 23.0 Å². The first-order valence-electron chi connectivity index (χ1n) is 8.33. The number of aryl methyl sites for hydroxylation is 1. The second-order valence-electron chi connectivity index (χ2n) is 5.92. The number of nitrogens with zero attached hydrogens (tertiary/aromatic N) is 3. The number of benzene rings is 2. The van der Waals surface area contributed by atoms with Crippen LogP contribution in [0.2, 0.25) is 5.02 Å². The molecule has 1 heterocycles. The Hall–Kier alpha value is -3.43. The van der Waals surface area contributed by atoms with E-state index < -0.39 is 5.97 Å². The van der Waals surface area contributed by atoms with Gasteiger partial charge in [0.2, 0.25) is 5.88 Å². The third kappa shape index (κ3) is 4.89. The fourth-order valence-corrected chi connectivity index (χ4v) is 2.78. The first-order valence-corrected chi connectivity index (χ1v) is 9.11. The van der Waals surface area contributed by atoms with E-state index in [0.29, 0.717) is 27.7 Å². The van der Waals surface area contributed by atoms with Gasteiger partial charge in [-0.25, -0.2) is 9.48 Å². The van der Waals surface area contributed by atoms with Crippen LogP contribution in [-0.4, -0.2) is 37.3 Å². The van der Waals surface area contributed by atoms with Gasteiger partial charge in [0.25, 0.3) is 0 Å². The maximum absolute atomic E-state index is 11.0. The van der Waals surface area contributed by atoms with E-state index in [1.807, 2.05) is 0 Å². The molecule has 3 aromatic rings. The fourth-order valence-electron chi connectivity index (χ4n) is 2.49. The summed E-state index contributed by atoms with van der Waals surface area (Å²) in [6, 6.07) is 13.1. The van der Waals surface area contributed by atoms with Crippen LogP contribution in [0.5, 0.6) is 5.88 Å². The van der Waals surface area contributed by atoms with Crippen molar-refractivity contribution in [3.63, 3.8) is 0 Å². The number of carboxylic acid groups (broad SMARTS) is 1. The molecule has 10 heteroatoms. The number of aromatic nitrogens is 2. The average Bonchev–Trinajstić information content (AvgIpc) is 2.97. The largest absolute Gasteiger partial charge is 0.493 e. The fraction of sp³-hybridized carbons (Fsp3) is 0.0526. The smallest absolute Gasteiger partial charge is 0.335 e. The number of aromatic carboxylic acids is 1. The van der Waals surface area contributed by atoms with Crippen LogP contribution >= 0.6 is 23.8 Å². The van der Waals surface area contributed by atoms with E-state index in [4.69, 9.17) is 28.9 Å². The first kappa shape index (κ1) is 20.3. The molecule has 0 saturated heterocycles. The predicted molar refractivity (Wildman–Crippen MR) is 115 cm³/mol. The van der Waals surface area contributed by atoms with Crippen molar-refractivity contribution >= 4 is 46.8 Å². The molecule has 2 aromatic carbocycles. The number of anilines is 1. The van der Waals surface area contributed by atoms with Crippen molar-refractivity contribution in [2.24, 2.45) is 5.10 Å². The van der Waals surface area contributed by atoms with E-state index in [2.05, 4.69) is 20.9 Å². The zero-order chi connectivity index (χ0) is 21.0. The van der Waals surface area contributed by atoms with Crippen LogP contribution in [0.4, 0.5) is 5.69 Å². The zero-order valence-corrected chi connectivity index (χ0v) is 16.7. The van der Waals surface area contributed by atoms with E-state index in [1.54, 1.807) is 43.3 Å². The van der Waals surface area contributed by atoms with Crippen molar-refractivity contribution in [3.05, 3.63) is 70.4 Å². The first-order chi connectivity index (χ1) is 13.8. The summed E-state index contributed by atoms with van der Waals surface area (Å²) in [5, 5.41) is 31.4. The summed E-state index contributed by atoms with van der Waals surface area (Å²) in [5.74, 6) is -1.11. The van der Waals surface area contributed by atoms with Gasteiger partial charge in [-0.05, 0) is 61.6 Å². The molecule has 0 fully saturated rings. The number of halogens is 1. The SMILES string of the molecule is Cc1nn(-c2ccc(Cl)cc2)c(O)c1C=NNC(=S)Nc1cccc(C(=O)O)c1. The van der Waals surface area contributed by atoms with E-state index in [0.717, 1.165) is 0 Å². The molecule has 8 nitrogen and oxygen atoms in total. The average molecular weight is 430 g/mol. The van der Waals surface area contributed by atoms with Gasteiger partial charge in [-0.3, -0.25) is 5.43 Å². The highest BCUT2D eigenvalue weighted by Gasteiger charge is 2.14. The maximum Gasteiger partial charge on any atom is 0.335 e. The zero-order valence-electron chi connectivity index (χ0n) is 15.1. The summed E-state index contributed by atoms with van der Waals surface area (Å²) in [7, 11) is 0. The molecule has 0 aliphatic rings. The van der Waals surface area contributed by atoms with Gasteiger partial charge in [-0.2, -0.15) is 10.2 Å². The second-order valence-corrected chi connectivity index (χ2v) is 6.77. The number of thiocarbonyl (C=S) groups is 1. The molecule has 148 valence electrons. The Bertz CT molecular complexity index is 1100. The van der Waals surface area contributed by atoms with Gasteiger partial charge < -0.3 is 15.5 Å². The molecule has 0 radical (unpaired) electrons. The monoisotopic (exact) mass is 429 g/mol. The van der Waals surface area contributed by atoms with Crippen molar-refractivity contribution in [1.29, 1.82) is 0 Å². The van der Waals surface area contributed by atoms with E-state index >= 15 is 0 Å². The number of hydrogen-bond donors (Lipinski definition) is 4.